The highest BCUT2D eigenvalue weighted by molar-refractivity contribution is 7.96. The van der Waals surface area contributed by atoms with Crippen molar-refractivity contribution < 1.29 is 9.47 Å². The molecule has 0 radical (unpaired) electrons. The molecule has 2 aliphatic rings. The van der Waals surface area contributed by atoms with Crippen LogP contribution < -0.4 is 0 Å². The van der Waals surface area contributed by atoms with E-state index >= 15 is 0 Å². The molecule has 0 aromatic rings. The predicted octanol–water partition coefficient (Wildman–Crippen LogP) is 0.279. The van der Waals surface area contributed by atoms with Crippen molar-refractivity contribution in [3.63, 3.8) is 0 Å². The number of nitrogens with zero attached hydrogens (tertiary/aromatic N) is 1. The van der Waals surface area contributed by atoms with Crippen LogP contribution in [-0.4, -0.2) is 36.2 Å². The molecular weight excluding hydrogens is 138 g/mol. The monoisotopic (exact) mass is 147 g/mol. The van der Waals surface area contributed by atoms with E-state index in [1.54, 1.807) is 11.9 Å². The summed E-state index contributed by atoms with van der Waals surface area (Å²) >= 11 is 1.72. The maximum Gasteiger partial charge on any atom is 0.200 e. The molecule has 2 heterocycles. The van der Waals surface area contributed by atoms with Gasteiger partial charge in [-0.1, -0.05) is 11.9 Å². The van der Waals surface area contributed by atoms with Crippen molar-refractivity contribution in [1.82, 2.24) is 4.31 Å². The van der Waals surface area contributed by atoms with Gasteiger partial charge >= 0.3 is 0 Å². The summed E-state index contributed by atoms with van der Waals surface area (Å²) in [7, 11) is 0. The Hall–Kier alpha value is 0.230. The molecule has 0 aliphatic carbocycles. The second kappa shape index (κ2) is 2.12. The molecule has 9 heavy (non-hydrogen) atoms. The third-order valence-electron chi connectivity index (χ3n) is 1.54. The Morgan fingerprint density at radius 3 is 3.22 bits per heavy atom. The number of rotatable bonds is 1. The largest absolute Gasteiger partial charge is 0.347 e. The topological polar surface area (TPSA) is 25.0 Å². The van der Waals surface area contributed by atoms with Gasteiger partial charge in [0.05, 0.1) is 6.61 Å². The van der Waals surface area contributed by atoms with Crippen molar-refractivity contribution in [2.24, 2.45) is 0 Å². The van der Waals surface area contributed by atoms with Gasteiger partial charge in [-0.3, -0.25) is 0 Å². The summed E-state index contributed by atoms with van der Waals surface area (Å²) in [5, 5.41) is 0. The molecule has 0 N–H and O–H groups in total. The molecule has 3 nitrogen and oxygen atoms in total. The summed E-state index contributed by atoms with van der Waals surface area (Å²) < 4.78 is 12.6. The average molecular weight is 147 g/mol. The summed E-state index contributed by atoms with van der Waals surface area (Å²) in [5.41, 5.74) is 0. The van der Waals surface area contributed by atoms with Crippen molar-refractivity contribution in [3.05, 3.63) is 0 Å². The van der Waals surface area contributed by atoms with Crippen LogP contribution in [0.5, 0.6) is 0 Å². The number of hydrogen-bond acceptors (Lipinski definition) is 4. The fourth-order valence-corrected chi connectivity index (χ4v) is 1.61. The van der Waals surface area contributed by atoms with Crippen molar-refractivity contribution in [1.29, 1.82) is 0 Å². The molecule has 2 aliphatic heterocycles. The van der Waals surface area contributed by atoms with Gasteiger partial charge in [-0.2, -0.15) is 0 Å². The van der Waals surface area contributed by atoms with E-state index in [-0.39, 0.29) is 12.5 Å². The molecule has 4 heteroatoms. The molecule has 2 unspecified atom stereocenters. The first kappa shape index (κ1) is 5.97. The van der Waals surface area contributed by atoms with Crippen molar-refractivity contribution in [2.75, 3.05) is 19.4 Å². The van der Waals surface area contributed by atoms with Crippen LogP contribution in [0.4, 0.5) is 0 Å². The molecule has 2 rings (SSSR count). The second-order valence-corrected chi connectivity index (χ2v) is 2.92. The van der Waals surface area contributed by atoms with Crippen molar-refractivity contribution in [2.45, 2.75) is 12.5 Å². The quantitative estimate of drug-likeness (QED) is 0.393. The van der Waals surface area contributed by atoms with Gasteiger partial charge in [0.1, 0.15) is 0 Å². The molecule has 0 bridgehead atoms. The lowest BCUT2D eigenvalue weighted by atomic mass is 10.5. The van der Waals surface area contributed by atoms with Gasteiger partial charge in [-0.05, 0) is 6.26 Å². The number of ether oxygens (including phenoxy) is 2. The number of hydrogen-bond donors (Lipinski definition) is 0. The minimum Gasteiger partial charge on any atom is -0.347 e. The first-order chi connectivity index (χ1) is 4.42. The standard InChI is InChI=1S/C5H9NO2S/c1-9-6-2-3-7-5-4(6)8-5/h4-5H,2-3H2,1H3. The van der Waals surface area contributed by atoms with Crippen LogP contribution in [-0.2, 0) is 9.47 Å². The molecule has 52 valence electrons. The highest BCUT2D eigenvalue weighted by Crippen LogP contribution is 2.33. The van der Waals surface area contributed by atoms with E-state index in [2.05, 4.69) is 10.6 Å². The normalized spacial score (nSPS) is 42.3. The zero-order valence-corrected chi connectivity index (χ0v) is 6.06. The summed E-state index contributed by atoms with van der Waals surface area (Å²) in [6.07, 6.45) is 2.41. The van der Waals surface area contributed by atoms with E-state index in [1.807, 2.05) is 0 Å². The van der Waals surface area contributed by atoms with Crippen LogP contribution in [0.1, 0.15) is 0 Å². The van der Waals surface area contributed by atoms with Crippen LogP contribution in [0.3, 0.4) is 0 Å². The minimum atomic E-state index is 0.0891. The Bertz CT molecular complexity index is 122. The number of morpholine rings is 1. The van der Waals surface area contributed by atoms with Crippen LogP contribution in [0.2, 0.25) is 0 Å². The van der Waals surface area contributed by atoms with Gasteiger partial charge in [0, 0.05) is 6.54 Å². The van der Waals surface area contributed by atoms with Crippen LogP contribution in [0.15, 0.2) is 0 Å². The third kappa shape index (κ3) is 0.961. The van der Waals surface area contributed by atoms with E-state index in [4.69, 9.17) is 9.47 Å². The van der Waals surface area contributed by atoms with E-state index in [0.29, 0.717) is 0 Å². The fourth-order valence-electron chi connectivity index (χ4n) is 0.999. The zero-order valence-electron chi connectivity index (χ0n) is 5.24. The smallest absolute Gasteiger partial charge is 0.200 e. The third-order valence-corrected chi connectivity index (χ3v) is 2.40. The van der Waals surface area contributed by atoms with Gasteiger partial charge in [0.2, 0.25) is 6.29 Å². The summed E-state index contributed by atoms with van der Waals surface area (Å²) in [6, 6.07) is 0. The van der Waals surface area contributed by atoms with E-state index in [0.717, 1.165) is 13.2 Å². The Morgan fingerprint density at radius 2 is 2.56 bits per heavy atom. The van der Waals surface area contributed by atoms with Crippen LogP contribution >= 0.6 is 11.9 Å². The maximum atomic E-state index is 5.21. The molecule has 0 saturated carbocycles. The first-order valence-corrected chi connectivity index (χ1v) is 4.18. The molecular formula is C5H9NO2S. The summed E-state index contributed by atoms with van der Waals surface area (Å²) in [4.78, 5) is 0. The molecule has 0 amide bonds. The van der Waals surface area contributed by atoms with Gasteiger partial charge < -0.3 is 9.47 Å². The van der Waals surface area contributed by atoms with E-state index in [9.17, 15) is 0 Å². The molecule has 0 aromatic heterocycles. The molecule has 0 aromatic carbocycles. The van der Waals surface area contributed by atoms with Crippen molar-refractivity contribution >= 4 is 11.9 Å². The molecule has 0 spiro atoms. The minimum absolute atomic E-state index is 0.0891. The summed E-state index contributed by atoms with van der Waals surface area (Å²) in [6.45, 7) is 1.80. The molecule has 2 atom stereocenters. The van der Waals surface area contributed by atoms with Gasteiger partial charge in [0.15, 0.2) is 6.23 Å². The second-order valence-electron chi connectivity index (χ2n) is 2.09. The summed E-state index contributed by atoms with van der Waals surface area (Å²) in [5.74, 6) is 0. The van der Waals surface area contributed by atoms with Gasteiger partial charge in [-0.15, -0.1) is 0 Å². The Labute approximate surface area is 58.4 Å². The Morgan fingerprint density at radius 1 is 1.67 bits per heavy atom. The lowest BCUT2D eigenvalue weighted by Crippen LogP contribution is -2.30. The highest BCUT2D eigenvalue weighted by atomic mass is 32.2. The van der Waals surface area contributed by atoms with Gasteiger partial charge in [0.25, 0.3) is 0 Å². The fraction of sp³-hybridized carbons (Fsp3) is 1.00. The van der Waals surface area contributed by atoms with E-state index in [1.165, 1.54) is 0 Å². The SMILES string of the molecule is CSN1CCOC2OC21. The Kier molecular flexibility index (Phi) is 1.41. The van der Waals surface area contributed by atoms with E-state index < -0.39 is 0 Å². The average Bonchev–Trinajstić information content (AvgIpc) is 2.64. The van der Waals surface area contributed by atoms with Crippen LogP contribution in [0, 0.1) is 0 Å². The number of fused-ring (bicyclic) bond motifs is 1. The molecule has 2 fully saturated rings. The Balaban J connectivity index is 1.93. The lowest BCUT2D eigenvalue weighted by molar-refractivity contribution is 0.0390. The number of epoxide rings is 1. The van der Waals surface area contributed by atoms with Crippen LogP contribution in [0.25, 0.3) is 0 Å². The highest BCUT2D eigenvalue weighted by Gasteiger charge is 2.47. The predicted molar refractivity (Wildman–Crippen MR) is 34.8 cm³/mol. The molecule has 2 saturated heterocycles. The first-order valence-electron chi connectivity index (χ1n) is 2.99. The zero-order chi connectivity index (χ0) is 6.27. The van der Waals surface area contributed by atoms with Crippen molar-refractivity contribution in [3.8, 4) is 0 Å². The van der Waals surface area contributed by atoms with Gasteiger partial charge in [-0.25, -0.2) is 4.31 Å². The lowest BCUT2D eigenvalue weighted by Gasteiger charge is -2.19. The maximum absolute atomic E-state index is 5.21.